The summed E-state index contributed by atoms with van der Waals surface area (Å²) in [7, 11) is 0. The first-order chi connectivity index (χ1) is 12.1. The van der Waals surface area contributed by atoms with Crippen LogP contribution in [0.25, 0.3) is 0 Å². The number of rotatable bonds is 4. The van der Waals surface area contributed by atoms with Gasteiger partial charge < -0.3 is 9.84 Å². The van der Waals surface area contributed by atoms with E-state index in [4.69, 9.17) is 4.74 Å². The molecule has 0 amide bonds. The number of esters is 1. The molecule has 0 radical (unpaired) electrons. The van der Waals surface area contributed by atoms with Gasteiger partial charge in [0.15, 0.2) is 0 Å². The van der Waals surface area contributed by atoms with Crippen LogP contribution in [0, 0.1) is 17.2 Å². The van der Waals surface area contributed by atoms with Crippen molar-refractivity contribution in [1.29, 1.82) is 5.26 Å². The van der Waals surface area contributed by atoms with Crippen molar-refractivity contribution in [2.75, 3.05) is 6.61 Å². The maximum Gasteiger partial charge on any atom is 0.322 e. The summed E-state index contributed by atoms with van der Waals surface area (Å²) >= 11 is 1.30. The molecule has 1 aliphatic heterocycles. The highest BCUT2D eigenvalue weighted by atomic mass is 32.2. The molecule has 25 heavy (non-hydrogen) atoms. The van der Waals surface area contributed by atoms with Crippen molar-refractivity contribution in [3.05, 3.63) is 71.8 Å². The average molecular weight is 353 g/mol. The molecule has 1 heterocycles. The van der Waals surface area contributed by atoms with Crippen LogP contribution in [-0.2, 0) is 15.1 Å². The second-order valence-corrected chi connectivity index (χ2v) is 7.15. The van der Waals surface area contributed by atoms with E-state index in [1.807, 2.05) is 36.4 Å². The summed E-state index contributed by atoms with van der Waals surface area (Å²) in [6, 6.07) is 20.7. The Morgan fingerprint density at radius 3 is 2.36 bits per heavy atom. The number of carbonyl (C=O) groups is 1. The average Bonchev–Trinajstić information content (AvgIpc) is 2.97. The van der Waals surface area contributed by atoms with Gasteiger partial charge in [0.25, 0.3) is 0 Å². The molecule has 1 aliphatic rings. The first kappa shape index (κ1) is 17.5. The molecule has 3 rings (SSSR count). The summed E-state index contributed by atoms with van der Waals surface area (Å²) in [5.41, 5.74) is -0.126. The lowest BCUT2D eigenvalue weighted by Gasteiger charge is -2.31. The van der Waals surface area contributed by atoms with Gasteiger partial charge in [-0.1, -0.05) is 60.7 Å². The summed E-state index contributed by atoms with van der Waals surface area (Å²) < 4.78 is 5.19. The molecule has 1 saturated heterocycles. The van der Waals surface area contributed by atoms with E-state index >= 15 is 0 Å². The van der Waals surface area contributed by atoms with Crippen LogP contribution in [0.3, 0.4) is 0 Å². The minimum Gasteiger partial charge on any atom is -0.465 e. The molecule has 0 aliphatic carbocycles. The Kier molecular flexibility index (Phi) is 5.12. The van der Waals surface area contributed by atoms with Gasteiger partial charge in [-0.05, 0) is 18.1 Å². The largest absolute Gasteiger partial charge is 0.465 e. The normalized spacial score (nSPS) is 28.3. The number of aliphatic hydroxyl groups is 1. The zero-order chi connectivity index (χ0) is 17.9. The Bertz CT molecular complexity index is 775. The fourth-order valence-electron chi connectivity index (χ4n) is 3.29. The predicted octanol–water partition coefficient (Wildman–Crippen LogP) is 3.43. The molecule has 0 bridgehead atoms. The van der Waals surface area contributed by atoms with Crippen LogP contribution in [0.2, 0.25) is 0 Å². The van der Waals surface area contributed by atoms with Crippen molar-refractivity contribution in [2.45, 2.75) is 23.0 Å². The van der Waals surface area contributed by atoms with Crippen LogP contribution in [0.1, 0.15) is 23.3 Å². The monoisotopic (exact) mass is 353 g/mol. The van der Waals surface area contributed by atoms with Crippen molar-refractivity contribution in [3.8, 4) is 6.07 Å². The maximum absolute atomic E-state index is 12.6. The fraction of sp³-hybridized carbons (Fsp3) is 0.300. The third-order valence-corrected chi connectivity index (χ3v) is 6.12. The molecule has 2 aromatic carbocycles. The smallest absolute Gasteiger partial charge is 0.322 e. The number of nitriles is 1. The van der Waals surface area contributed by atoms with Gasteiger partial charge in [0.1, 0.15) is 10.9 Å². The quantitative estimate of drug-likeness (QED) is 0.853. The molecule has 128 valence electrons. The fourth-order valence-corrected chi connectivity index (χ4v) is 4.99. The Balaban J connectivity index is 2.10. The Hall–Kier alpha value is -2.29. The molecule has 0 unspecified atom stereocenters. The second kappa shape index (κ2) is 7.30. The molecule has 0 saturated carbocycles. The Morgan fingerprint density at radius 1 is 1.20 bits per heavy atom. The molecule has 1 fully saturated rings. The first-order valence-electron chi connectivity index (χ1n) is 8.17. The lowest BCUT2D eigenvalue weighted by Crippen LogP contribution is -2.44. The Labute approximate surface area is 151 Å². The third-order valence-electron chi connectivity index (χ3n) is 4.46. The van der Waals surface area contributed by atoms with Crippen LogP contribution >= 0.6 is 11.8 Å². The van der Waals surface area contributed by atoms with Crippen LogP contribution in [0.5, 0.6) is 0 Å². The van der Waals surface area contributed by atoms with Crippen molar-refractivity contribution in [2.24, 2.45) is 5.92 Å². The minimum atomic E-state index is -1.60. The van der Waals surface area contributed by atoms with E-state index in [1.165, 1.54) is 11.8 Å². The van der Waals surface area contributed by atoms with Gasteiger partial charge in [-0.3, -0.25) is 4.79 Å². The summed E-state index contributed by atoms with van der Waals surface area (Å²) in [4.78, 5) is 12.6. The zero-order valence-corrected chi connectivity index (χ0v) is 14.6. The SMILES string of the molecule is CCOC(=O)[C@H]1S[C@@H](c2ccccc2)[C@@H](C#N)[C@]1(O)c1ccccc1. The molecule has 5 heteroatoms. The van der Waals surface area contributed by atoms with E-state index in [2.05, 4.69) is 6.07 Å². The van der Waals surface area contributed by atoms with Gasteiger partial charge in [-0.25, -0.2) is 0 Å². The van der Waals surface area contributed by atoms with Gasteiger partial charge in [-0.2, -0.15) is 5.26 Å². The highest BCUT2D eigenvalue weighted by Gasteiger charge is 2.60. The molecule has 0 aromatic heterocycles. The highest BCUT2D eigenvalue weighted by Crippen LogP contribution is 2.58. The molecule has 0 spiro atoms. The van der Waals surface area contributed by atoms with Crippen LogP contribution in [0.4, 0.5) is 0 Å². The third kappa shape index (κ3) is 3.04. The standard InChI is InChI=1S/C20H19NO3S/c1-2-24-19(22)18-20(23,15-11-7-4-8-12-15)16(13-21)17(25-18)14-9-5-3-6-10-14/h3-12,16-18,23H,2H2,1H3/t16-,17+,18-,20-/m1/s1. The van der Waals surface area contributed by atoms with Crippen molar-refractivity contribution in [1.82, 2.24) is 0 Å². The van der Waals surface area contributed by atoms with E-state index < -0.39 is 22.7 Å². The Morgan fingerprint density at radius 2 is 1.80 bits per heavy atom. The summed E-state index contributed by atoms with van der Waals surface area (Å²) in [5, 5.41) is 20.2. The number of hydrogen-bond acceptors (Lipinski definition) is 5. The zero-order valence-electron chi connectivity index (χ0n) is 13.8. The lowest BCUT2D eigenvalue weighted by atomic mass is 9.76. The van der Waals surface area contributed by atoms with Crippen LogP contribution in [-0.4, -0.2) is 22.9 Å². The predicted molar refractivity (Wildman–Crippen MR) is 96.6 cm³/mol. The highest BCUT2D eigenvalue weighted by molar-refractivity contribution is 8.01. The topological polar surface area (TPSA) is 70.3 Å². The summed E-state index contributed by atoms with van der Waals surface area (Å²) in [6.07, 6.45) is 0. The van der Waals surface area contributed by atoms with Gasteiger partial charge in [0.05, 0.1) is 18.6 Å². The number of hydrogen-bond donors (Lipinski definition) is 1. The van der Waals surface area contributed by atoms with Gasteiger partial charge >= 0.3 is 5.97 Å². The van der Waals surface area contributed by atoms with Crippen molar-refractivity contribution in [3.63, 3.8) is 0 Å². The molecule has 4 atom stereocenters. The second-order valence-electron chi connectivity index (χ2n) is 5.90. The van der Waals surface area contributed by atoms with Crippen molar-refractivity contribution >= 4 is 17.7 Å². The number of carbonyl (C=O) groups excluding carboxylic acids is 1. The van der Waals surface area contributed by atoms with E-state index in [-0.39, 0.29) is 11.9 Å². The van der Waals surface area contributed by atoms with E-state index in [1.54, 1.807) is 31.2 Å². The van der Waals surface area contributed by atoms with E-state index in [0.29, 0.717) is 5.56 Å². The minimum absolute atomic E-state index is 0.230. The number of ether oxygens (including phenoxy) is 1. The summed E-state index contributed by atoms with van der Waals surface area (Å²) in [6.45, 7) is 1.96. The van der Waals surface area contributed by atoms with Gasteiger partial charge in [-0.15, -0.1) is 11.8 Å². The van der Waals surface area contributed by atoms with E-state index in [9.17, 15) is 15.2 Å². The van der Waals surface area contributed by atoms with E-state index in [0.717, 1.165) is 5.56 Å². The van der Waals surface area contributed by atoms with Crippen LogP contribution < -0.4 is 0 Å². The molecule has 1 N–H and O–H groups in total. The lowest BCUT2D eigenvalue weighted by molar-refractivity contribution is -0.148. The van der Waals surface area contributed by atoms with Crippen molar-refractivity contribution < 1.29 is 14.6 Å². The number of thioether (sulfide) groups is 1. The molecular weight excluding hydrogens is 334 g/mol. The first-order valence-corrected chi connectivity index (χ1v) is 9.11. The number of benzene rings is 2. The molecule has 4 nitrogen and oxygen atoms in total. The number of nitrogens with zero attached hydrogens (tertiary/aromatic N) is 1. The van der Waals surface area contributed by atoms with Gasteiger partial charge in [0.2, 0.25) is 0 Å². The van der Waals surface area contributed by atoms with Gasteiger partial charge in [0, 0.05) is 5.25 Å². The maximum atomic E-state index is 12.6. The molecule has 2 aromatic rings. The van der Waals surface area contributed by atoms with Crippen LogP contribution in [0.15, 0.2) is 60.7 Å². The summed E-state index contributed by atoms with van der Waals surface area (Å²) in [5.74, 6) is -1.26. The molecular formula is C20H19NO3S.